The zero-order valence-corrected chi connectivity index (χ0v) is 16.6. The number of piperazine rings is 1. The Kier molecular flexibility index (Phi) is 4.88. The van der Waals surface area contributed by atoms with Gasteiger partial charge < -0.3 is 5.32 Å². The largest absolute Gasteiger partial charge is 0.314 e. The third-order valence-electron chi connectivity index (χ3n) is 4.76. The van der Waals surface area contributed by atoms with E-state index in [4.69, 9.17) is 0 Å². The van der Waals surface area contributed by atoms with E-state index >= 15 is 0 Å². The summed E-state index contributed by atoms with van der Waals surface area (Å²) in [5, 5.41) is 4.34. The van der Waals surface area contributed by atoms with Crippen LogP contribution < -0.4 is 5.32 Å². The van der Waals surface area contributed by atoms with Crippen LogP contribution in [0.5, 0.6) is 0 Å². The van der Waals surface area contributed by atoms with Crippen molar-refractivity contribution in [3.63, 3.8) is 0 Å². The fourth-order valence-electron chi connectivity index (χ4n) is 3.42. The maximum absolute atomic E-state index is 13.1. The highest BCUT2D eigenvalue weighted by Gasteiger charge is 2.22. The van der Waals surface area contributed by atoms with Crippen molar-refractivity contribution in [3.8, 4) is 0 Å². The monoisotopic (exact) mass is 433 g/mol. The van der Waals surface area contributed by atoms with Gasteiger partial charge in [-0.3, -0.25) is 4.90 Å². The Morgan fingerprint density at radius 1 is 1.00 bits per heavy atom. The van der Waals surface area contributed by atoms with E-state index in [0.29, 0.717) is 9.99 Å². The molecule has 136 valence electrons. The van der Waals surface area contributed by atoms with E-state index in [0.717, 1.165) is 43.7 Å². The lowest BCUT2D eigenvalue weighted by Crippen LogP contribution is -2.42. The molecule has 0 saturated carbocycles. The Morgan fingerprint density at radius 2 is 1.77 bits per heavy atom. The van der Waals surface area contributed by atoms with Crippen LogP contribution in [0.1, 0.15) is 5.56 Å². The molecule has 5 nitrogen and oxygen atoms in total. The number of halogens is 1. The van der Waals surface area contributed by atoms with E-state index in [-0.39, 0.29) is 4.90 Å². The average Bonchev–Trinajstić information content (AvgIpc) is 3.09. The number of aromatic nitrogens is 1. The van der Waals surface area contributed by atoms with Gasteiger partial charge in [0, 0.05) is 48.8 Å². The summed E-state index contributed by atoms with van der Waals surface area (Å²) in [7, 11) is -3.66. The van der Waals surface area contributed by atoms with Crippen molar-refractivity contribution >= 4 is 36.9 Å². The molecule has 1 aromatic heterocycles. The molecule has 1 aliphatic rings. The van der Waals surface area contributed by atoms with Crippen LogP contribution in [0.4, 0.5) is 0 Å². The number of hydrogen-bond donors (Lipinski definition) is 1. The zero-order chi connectivity index (χ0) is 18.1. The van der Waals surface area contributed by atoms with Crippen LogP contribution in [-0.4, -0.2) is 43.5 Å². The molecule has 1 saturated heterocycles. The first-order valence-electron chi connectivity index (χ1n) is 8.59. The van der Waals surface area contributed by atoms with Crippen molar-refractivity contribution in [1.82, 2.24) is 14.2 Å². The van der Waals surface area contributed by atoms with E-state index in [1.165, 1.54) is 3.97 Å². The lowest BCUT2D eigenvalue weighted by atomic mass is 10.1. The number of nitrogens with zero attached hydrogens (tertiary/aromatic N) is 2. The van der Waals surface area contributed by atoms with Crippen molar-refractivity contribution < 1.29 is 8.42 Å². The second-order valence-electron chi connectivity index (χ2n) is 6.42. The summed E-state index contributed by atoms with van der Waals surface area (Å²) in [6.07, 6.45) is 1.65. The van der Waals surface area contributed by atoms with E-state index in [1.54, 1.807) is 24.4 Å². The van der Waals surface area contributed by atoms with Gasteiger partial charge in [0.1, 0.15) is 4.90 Å². The Labute approximate surface area is 161 Å². The van der Waals surface area contributed by atoms with Crippen molar-refractivity contribution in [2.24, 2.45) is 0 Å². The van der Waals surface area contributed by atoms with Gasteiger partial charge in [0.25, 0.3) is 10.0 Å². The van der Waals surface area contributed by atoms with Crippen LogP contribution in [0.2, 0.25) is 0 Å². The quantitative estimate of drug-likeness (QED) is 0.686. The lowest BCUT2D eigenvalue weighted by Gasteiger charge is -2.27. The Morgan fingerprint density at radius 3 is 2.54 bits per heavy atom. The van der Waals surface area contributed by atoms with Gasteiger partial charge in [0.2, 0.25) is 0 Å². The number of benzene rings is 2. The highest BCUT2D eigenvalue weighted by molar-refractivity contribution is 9.10. The van der Waals surface area contributed by atoms with Crippen LogP contribution in [0.25, 0.3) is 10.9 Å². The van der Waals surface area contributed by atoms with Crippen LogP contribution in [0, 0.1) is 0 Å². The van der Waals surface area contributed by atoms with Gasteiger partial charge in [-0.15, -0.1) is 0 Å². The van der Waals surface area contributed by atoms with E-state index in [2.05, 4.69) is 32.2 Å². The molecular weight excluding hydrogens is 414 g/mol. The Hall–Kier alpha value is -1.67. The highest BCUT2D eigenvalue weighted by atomic mass is 79.9. The predicted molar refractivity (Wildman–Crippen MR) is 107 cm³/mol. The summed E-state index contributed by atoms with van der Waals surface area (Å²) < 4.78 is 28.2. The molecule has 0 radical (unpaired) electrons. The molecule has 1 fully saturated rings. The van der Waals surface area contributed by atoms with Gasteiger partial charge in [0.15, 0.2) is 0 Å². The van der Waals surface area contributed by atoms with Gasteiger partial charge in [-0.1, -0.05) is 24.3 Å². The Balaban J connectivity index is 1.76. The third kappa shape index (κ3) is 3.20. The molecule has 2 aromatic carbocycles. The first kappa shape index (κ1) is 17.7. The van der Waals surface area contributed by atoms with Crippen molar-refractivity contribution in [2.45, 2.75) is 11.4 Å². The molecule has 3 aromatic rings. The van der Waals surface area contributed by atoms with Crippen molar-refractivity contribution in [3.05, 3.63) is 64.8 Å². The highest BCUT2D eigenvalue weighted by Crippen LogP contribution is 2.29. The molecule has 0 aliphatic carbocycles. The molecule has 1 N–H and O–H groups in total. The molecule has 0 amide bonds. The molecule has 0 bridgehead atoms. The summed E-state index contributed by atoms with van der Waals surface area (Å²) in [6.45, 7) is 4.83. The second kappa shape index (κ2) is 7.15. The molecule has 1 aliphatic heterocycles. The van der Waals surface area contributed by atoms with E-state index in [9.17, 15) is 8.42 Å². The molecular formula is C19H20BrN3O2S. The van der Waals surface area contributed by atoms with Gasteiger partial charge in [0.05, 0.1) is 5.52 Å². The SMILES string of the molecule is O=S(=O)(c1ccccc1Br)n1ccc2c(CN3CCNCC3)cccc21. The number of fused-ring (bicyclic) bond motifs is 1. The first-order valence-corrected chi connectivity index (χ1v) is 10.8. The summed E-state index contributed by atoms with van der Waals surface area (Å²) in [5.41, 5.74) is 1.87. The van der Waals surface area contributed by atoms with Crippen LogP contribution in [0.15, 0.2) is 64.1 Å². The number of hydrogen-bond acceptors (Lipinski definition) is 4. The van der Waals surface area contributed by atoms with E-state index in [1.807, 2.05) is 24.3 Å². The fraction of sp³-hybridized carbons (Fsp3) is 0.263. The topological polar surface area (TPSA) is 54.3 Å². The molecule has 2 heterocycles. The minimum Gasteiger partial charge on any atom is -0.314 e. The molecule has 4 rings (SSSR count). The summed E-state index contributed by atoms with van der Waals surface area (Å²) >= 11 is 3.36. The summed E-state index contributed by atoms with van der Waals surface area (Å²) in [6, 6.07) is 14.7. The van der Waals surface area contributed by atoms with Gasteiger partial charge in [-0.05, 0) is 45.8 Å². The molecule has 7 heteroatoms. The minimum atomic E-state index is -3.66. The third-order valence-corrected chi connectivity index (χ3v) is 7.47. The standard InChI is InChI=1S/C19H20BrN3O2S/c20-17-5-1-2-7-19(17)26(24,25)23-11-8-16-15(4-3-6-18(16)23)14-22-12-9-21-10-13-22/h1-8,11,21H,9-10,12-14H2. The second-order valence-corrected chi connectivity index (χ2v) is 9.06. The van der Waals surface area contributed by atoms with Gasteiger partial charge >= 0.3 is 0 Å². The first-order chi connectivity index (χ1) is 12.6. The normalized spacial score (nSPS) is 16.2. The number of rotatable bonds is 4. The average molecular weight is 434 g/mol. The fourth-order valence-corrected chi connectivity index (χ4v) is 5.74. The number of nitrogens with one attached hydrogen (secondary N) is 1. The van der Waals surface area contributed by atoms with Crippen LogP contribution in [0.3, 0.4) is 0 Å². The summed E-state index contributed by atoms with van der Waals surface area (Å²) in [5.74, 6) is 0. The smallest absolute Gasteiger partial charge is 0.269 e. The van der Waals surface area contributed by atoms with Crippen LogP contribution >= 0.6 is 15.9 Å². The van der Waals surface area contributed by atoms with Crippen molar-refractivity contribution in [1.29, 1.82) is 0 Å². The van der Waals surface area contributed by atoms with Crippen molar-refractivity contribution in [2.75, 3.05) is 26.2 Å². The van der Waals surface area contributed by atoms with Gasteiger partial charge in [-0.25, -0.2) is 12.4 Å². The van der Waals surface area contributed by atoms with Crippen LogP contribution in [-0.2, 0) is 16.6 Å². The molecule has 26 heavy (non-hydrogen) atoms. The molecule has 0 unspecified atom stereocenters. The summed E-state index contributed by atoms with van der Waals surface area (Å²) in [4.78, 5) is 2.66. The van der Waals surface area contributed by atoms with Gasteiger partial charge in [-0.2, -0.15) is 0 Å². The molecule has 0 spiro atoms. The minimum absolute atomic E-state index is 0.269. The predicted octanol–water partition coefficient (Wildman–Crippen LogP) is 3.05. The zero-order valence-electron chi connectivity index (χ0n) is 14.2. The van der Waals surface area contributed by atoms with E-state index < -0.39 is 10.0 Å². The maximum atomic E-state index is 13.1. The lowest BCUT2D eigenvalue weighted by molar-refractivity contribution is 0.234. The molecule has 0 atom stereocenters. The Bertz CT molecular complexity index is 1040. The maximum Gasteiger partial charge on any atom is 0.269 e.